The summed E-state index contributed by atoms with van der Waals surface area (Å²) in [6, 6.07) is 5.92. The van der Waals surface area contributed by atoms with Gasteiger partial charge in [0.2, 0.25) is 0 Å². The Morgan fingerprint density at radius 1 is 1.13 bits per heavy atom. The quantitative estimate of drug-likeness (QED) is 0.449. The topological polar surface area (TPSA) is 75.7 Å². The molecule has 4 aromatic rings. The van der Waals surface area contributed by atoms with Crippen molar-refractivity contribution in [1.29, 1.82) is 0 Å². The van der Waals surface area contributed by atoms with Crippen LogP contribution in [0.2, 0.25) is 5.15 Å². The van der Waals surface area contributed by atoms with Crippen LogP contribution in [0.3, 0.4) is 0 Å². The van der Waals surface area contributed by atoms with Gasteiger partial charge in [-0.05, 0) is 32.4 Å². The standard InChI is InChI=1S/C22H22ClN5O3/c1-22(2)30-18-13(11-29-14-3-6-27-8-5-24-17(27)10-14)9-16(19(18)31-22)28-7-4-15-20(23)25-12-26-21(15)28/h3-8,10,12-13,16,18-19H,9,11H2,1-2H3/t13-,16-,18-,19+/m1/s1. The number of halogens is 1. The van der Waals surface area contributed by atoms with Crippen molar-refractivity contribution < 1.29 is 14.2 Å². The first-order valence-electron chi connectivity index (χ1n) is 10.4. The van der Waals surface area contributed by atoms with Gasteiger partial charge >= 0.3 is 0 Å². The summed E-state index contributed by atoms with van der Waals surface area (Å²) in [6.07, 6.45) is 9.83. The predicted molar refractivity (Wildman–Crippen MR) is 114 cm³/mol. The minimum Gasteiger partial charge on any atom is -0.493 e. The smallest absolute Gasteiger partial charge is 0.163 e. The molecule has 0 unspecified atom stereocenters. The van der Waals surface area contributed by atoms with Gasteiger partial charge in [0, 0.05) is 36.8 Å². The lowest BCUT2D eigenvalue weighted by molar-refractivity contribution is -0.161. The van der Waals surface area contributed by atoms with E-state index in [0.29, 0.717) is 11.8 Å². The van der Waals surface area contributed by atoms with Crippen LogP contribution in [-0.2, 0) is 9.47 Å². The fourth-order valence-electron chi connectivity index (χ4n) is 4.88. The number of rotatable bonds is 4. The van der Waals surface area contributed by atoms with E-state index in [4.69, 9.17) is 25.8 Å². The van der Waals surface area contributed by atoms with E-state index in [1.165, 1.54) is 6.33 Å². The molecule has 1 saturated carbocycles. The molecule has 5 heterocycles. The van der Waals surface area contributed by atoms with E-state index in [2.05, 4.69) is 19.5 Å². The van der Waals surface area contributed by atoms with Crippen molar-refractivity contribution in [2.24, 2.45) is 5.92 Å². The van der Waals surface area contributed by atoms with Crippen molar-refractivity contribution >= 4 is 28.3 Å². The fraction of sp³-hybridized carbons (Fsp3) is 0.409. The molecule has 6 rings (SSSR count). The van der Waals surface area contributed by atoms with Crippen LogP contribution in [0, 0.1) is 5.92 Å². The first-order valence-corrected chi connectivity index (χ1v) is 10.7. The first kappa shape index (κ1) is 19.0. The summed E-state index contributed by atoms with van der Waals surface area (Å²) in [5.74, 6) is 0.321. The molecule has 8 nitrogen and oxygen atoms in total. The van der Waals surface area contributed by atoms with E-state index < -0.39 is 5.79 Å². The van der Waals surface area contributed by atoms with Crippen LogP contribution in [0.25, 0.3) is 16.7 Å². The molecular weight excluding hydrogens is 418 g/mol. The van der Waals surface area contributed by atoms with Gasteiger partial charge < -0.3 is 23.2 Å². The molecule has 0 N–H and O–H groups in total. The molecule has 0 bridgehead atoms. The number of fused-ring (bicyclic) bond motifs is 3. The Morgan fingerprint density at radius 2 is 2.00 bits per heavy atom. The summed E-state index contributed by atoms with van der Waals surface area (Å²) in [5, 5.41) is 1.29. The zero-order valence-electron chi connectivity index (χ0n) is 17.2. The third-order valence-corrected chi connectivity index (χ3v) is 6.50. The van der Waals surface area contributed by atoms with Crippen molar-refractivity contribution in [3.63, 3.8) is 0 Å². The molecule has 4 atom stereocenters. The van der Waals surface area contributed by atoms with E-state index in [0.717, 1.165) is 28.9 Å². The molecule has 1 aliphatic carbocycles. The molecule has 2 aliphatic rings. The SMILES string of the molecule is CC1(C)O[C@@H]2[C@@H](COc3ccn4ccnc4c3)C[C@@H](n3ccc4c(Cl)ncnc43)[C@@H]2O1. The number of aromatic nitrogens is 5. The number of nitrogens with zero attached hydrogens (tertiary/aromatic N) is 5. The van der Waals surface area contributed by atoms with E-state index in [9.17, 15) is 0 Å². The number of hydrogen-bond donors (Lipinski definition) is 0. The van der Waals surface area contributed by atoms with Crippen molar-refractivity contribution in [3.05, 3.63) is 54.5 Å². The molecule has 1 saturated heterocycles. The average Bonchev–Trinajstić information content (AvgIpc) is 3.49. The lowest BCUT2D eigenvalue weighted by Gasteiger charge is -2.24. The van der Waals surface area contributed by atoms with Crippen LogP contribution in [-0.4, -0.2) is 48.5 Å². The summed E-state index contributed by atoms with van der Waals surface area (Å²) >= 11 is 6.27. The van der Waals surface area contributed by atoms with Crippen LogP contribution in [0.1, 0.15) is 26.3 Å². The molecule has 0 aromatic carbocycles. The third-order valence-electron chi connectivity index (χ3n) is 6.20. The summed E-state index contributed by atoms with van der Waals surface area (Å²) in [4.78, 5) is 12.9. The maximum atomic E-state index is 6.33. The van der Waals surface area contributed by atoms with Gasteiger partial charge in [-0.25, -0.2) is 15.0 Å². The minimum atomic E-state index is -0.642. The summed E-state index contributed by atoms with van der Waals surface area (Å²) in [6.45, 7) is 4.45. The van der Waals surface area contributed by atoms with E-state index in [1.54, 1.807) is 6.20 Å². The normalized spacial score (nSPS) is 27.2. The largest absolute Gasteiger partial charge is 0.493 e. The number of hydrogen-bond acceptors (Lipinski definition) is 6. The second kappa shape index (κ2) is 6.91. The predicted octanol–water partition coefficient (Wildman–Crippen LogP) is 3.89. The van der Waals surface area contributed by atoms with Crippen LogP contribution in [0.4, 0.5) is 0 Å². The van der Waals surface area contributed by atoms with Crippen molar-refractivity contribution in [2.45, 2.75) is 44.3 Å². The van der Waals surface area contributed by atoms with Crippen molar-refractivity contribution in [1.82, 2.24) is 23.9 Å². The van der Waals surface area contributed by atoms with Gasteiger partial charge in [-0.15, -0.1) is 0 Å². The number of ether oxygens (including phenoxy) is 3. The first-order chi connectivity index (χ1) is 15.0. The second-order valence-electron chi connectivity index (χ2n) is 8.62. The van der Waals surface area contributed by atoms with Crippen LogP contribution in [0.5, 0.6) is 5.75 Å². The van der Waals surface area contributed by atoms with Gasteiger partial charge in [0.15, 0.2) is 5.79 Å². The third kappa shape index (κ3) is 3.17. The Labute approximate surface area is 183 Å². The van der Waals surface area contributed by atoms with Gasteiger partial charge in [0.1, 0.15) is 34.6 Å². The fourth-order valence-corrected chi connectivity index (χ4v) is 5.08. The molecule has 9 heteroatoms. The zero-order valence-corrected chi connectivity index (χ0v) is 17.9. The van der Waals surface area contributed by atoms with Crippen LogP contribution < -0.4 is 4.74 Å². The average molecular weight is 440 g/mol. The minimum absolute atomic E-state index is 0.0649. The molecule has 31 heavy (non-hydrogen) atoms. The van der Waals surface area contributed by atoms with Crippen molar-refractivity contribution in [2.75, 3.05) is 6.61 Å². The molecule has 2 fully saturated rings. The van der Waals surface area contributed by atoms with Crippen LogP contribution >= 0.6 is 11.6 Å². The highest BCUT2D eigenvalue weighted by Gasteiger charge is 2.54. The molecule has 4 aromatic heterocycles. The highest BCUT2D eigenvalue weighted by atomic mass is 35.5. The van der Waals surface area contributed by atoms with Gasteiger partial charge in [0.05, 0.1) is 24.1 Å². The summed E-state index contributed by atoms with van der Waals surface area (Å²) < 4.78 is 22.9. The molecule has 0 spiro atoms. The molecule has 0 amide bonds. The molecular formula is C22H22ClN5O3. The maximum absolute atomic E-state index is 6.33. The van der Waals surface area contributed by atoms with Gasteiger partial charge in [-0.3, -0.25) is 0 Å². The van der Waals surface area contributed by atoms with E-state index in [-0.39, 0.29) is 24.2 Å². The number of imidazole rings is 1. The van der Waals surface area contributed by atoms with Crippen LogP contribution in [0.15, 0.2) is 49.3 Å². The Hall–Kier alpha value is -2.68. The zero-order chi connectivity index (χ0) is 21.2. The highest BCUT2D eigenvalue weighted by molar-refractivity contribution is 6.33. The summed E-state index contributed by atoms with van der Waals surface area (Å²) in [7, 11) is 0. The van der Waals surface area contributed by atoms with E-state index >= 15 is 0 Å². The summed E-state index contributed by atoms with van der Waals surface area (Å²) in [5.41, 5.74) is 1.67. The van der Waals surface area contributed by atoms with Gasteiger partial charge in [-0.2, -0.15) is 0 Å². The Kier molecular flexibility index (Phi) is 4.25. The lowest BCUT2D eigenvalue weighted by atomic mass is 10.1. The Balaban J connectivity index is 1.28. The van der Waals surface area contributed by atoms with E-state index in [1.807, 2.05) is 55.0 Å². The number of pyridine rings is 1. The maximum Gasteiger partial charge on any atom is 0.163 e. The molecule has 0 radical (unpaired) electrons. The Bertz CT molecular complexity index is 1270. The highest BCUT2D eigenvalue weighted by Crippen LogP contribution is 2.48. The van der Waals surface area contributed by atoms with Crippen molar-refractivity contribution in [3.8, 4) is 5.75 Å². The molecule has 1 aliphatic heterocycles. The molecule has 160 valence electrons. The second-order valence-corrected chi connectivity index (χ2v) is 8.98. The van der Waals surface area contributed by atoms with Gasteiger partial charge in [0.25, 0.3) is 0 Å². The monoisotopic (exact) mass is 439 g/mol. The Morgan fingerprint density at radius 3 is 2.90 bits per heavy atom. The van der Waals surface area contributed by atoms with Gasteiger partial charge in [-0.1, -0.05) is 11.6 Å². The lowest BCUT2D eigenvalue weighted by Crippen LogP contribution is -2.29.